The van der Waals surface area contributed by atoms with Crippen LogP contribution in [0.3, 0.4) is 0 Å². The molecule has 0 aliphatic heterocycles. The molecule has 0 saturated carbocycles. The third-order valence-electron chi connectivity index (χ3n) is 4.23. The maximum atomic E-state index is 10.7. The molecule has 0 amide bonds. The summed E-state index contributed by atoms with van der Waals surface area (Å²) < 4.78 is 0. The van der Waals surface area contributed by atoms with Crippen LogP contribution < -0.4 is 10.6 Å². The Morgan fingerprint density at radius 3 is 2.19 bits per heavy atom. The fourth-order valence-electron chi connectivity index (χ4n) is 2.61. The van der Waals surface area contributed by atoms with Gasteiger partial charge in [-0.1, -0.05) is 67.6 Å². The van der Waals surface area contributed by atoms with Gasteiger partial charge in [0.15, 0.2) is 5.96 Å². The quantitative estimate of drug-likeness (QED) is 0.329. The van der Waals surface area contributed by atoms with Crippen molar-refractivity contribution in [3.63, 3.8) is 0 Å². The van der Waals surface area contributed by atoms with Crippen molar-refractivity contribution in [1.29, 1.82) is 0 Å². The maximum absolute atomic E-state index is 10.7. The summed E-state index contributed by atoms with van der Waals surface area (Å²) >= 11 is 0. The number of halogens is 1. The van der Waals surface area contributed by atoms with Crippen LogP contribution in [0.4, 0.5) is 0 Å². The van der Waals surface area contributed by atoms with E-state index in [1.807, 2.05) is 43.3 Å². The summed E-state index contributed by atoms with van der Waals surface area (Å²) in [7, 11) is 0. The molecule has 0 fully saturated rings. The Hall–Kier alpha value is -1.60. The van der Waals surface area contributed by atoms with Crippen LogP contribution >= 0.6 is 24.0 Å². The molecule has 0 aliphatic carbocycles. The minimum Gasteiger partial charge on any atom is -0.384 e. The van der Waals surface area contributed by atoms with Crippen molar-refractivity contribution >= 4 is 29.9 Å². The van der Waals surface area contributed by atoms with E-state index in [0.29, 0.717) is 12.5 Å². The van der Waals surface area contributed by atoms with Crippen LogP contribution in [0.15, 0.2) is 65.7 Å². The van der Waals surface area contributed by atoms with Crippen LogP contribution in [0.25, 0.3) is 0 Å². The molecule has 3 N–H and O–H groups in total. The number of nitrogens with zero attached hydrogens (tertiary/aromatic N) is 1. The molecule has 0 saturated heterocycles. The Bertz CT molecular complexity index is 659. The fourth-order valence-corrected chi connectivity index (χ4v) is 2.61. The molecule has 2 aromatic rings. The van der Waals surface area contributed by atoms with Gasteiger partial charge in [0.05, 0.1) is 6.54 Å². The van der Waals surface area contributed by atoms with Crippen LogP contribution in [-0.4, -0.2) is 30.7 Å². The second-order valence-corrected chi connectivity index (χ2v) is 6.53. The first-order valence-corrected chi connectivity index (χ1v) is 8.88. The lowest BCUT2D eigenvalue weighted by molar-refractivity contribution is 0.0672. The van der Waals surface area contributed by atoms with Crippen molar-refractivity contribution in [2.24, 2.45) is 4.99 Å². The first-order valence-electron chi connectivity index (χ1n) is 8.88. The lowest BCUT2D eigenvalue weighted by atomic mass is 9.96. The molecule has 0 bridgehead atoms. The minimum atomic E-state index is -0.991. The minimum absolute atomic E-state index is 0. The monoisotopic (exact) mass is 467 g/mol. The smallest absolute Gasteiger partial charge is 0.191 e. The van der Waals surface area contributed by atoms with Gasteiger partial charge >= 0.3 is 0 Å². The fraction of sp³-hybridized carbons (Fsp3) is 0.381. The first-order chi connectivity index (χ1) is 12.0. The van der Waals surface area contributed by atoms with E-state index in [0.717, 1.165) is 24.6 Å². The summed E-state index contributed by atoms with van der Waals surface area (Å²) in [5, 5.41) is 17.3. The van der Waals surface area contributed by atoms with Gasteiger partial charge in [-0.3, -0.25) is 0 Å². The Morgan fingerprint density at radius 2 is 1.62 bits per heavy atom. The van der Waals surface area contributed by atoms with Crippen LogP contribution in [0, 0.1) is 0 Å². The number of aliphatic hydroxyl groups is 1. The molecule has 4 nitrogen and oxygen atoms in total. The summed E-state index contributed by atoms with van der Waals surface area (Å²) in [5.41, 5.74) is 1.17. The van der Waals surface area contributed by atoms with E-state index in [1.54, 1.807) is 6.92 Å². The Morgan fingerprint density at radius 1 is 1.04 bits per heavy atom. The largest absolute Gasteiger partial charge is 0.384 e. The van der Waals surface area contributed by atoms with Gasteiger partial charge in [0.25, 0.3) is 0 Å². The van der Waals surface area contributed by atoms with Gasteiger partial charge in [0.1, 0.15) is 5.60 Å². The molecule has 26 heavy (non-hydrogen) atoms. The second kappa shape index (κ2) is 11.2. The number of hydrogen-bond acceptors (Lipinski definition) is 2. The van der Waals surface area contributed by atoms with Crippen LogP contribution in [-0.2, 0) is 5.60 Å². The molecule has 2 rings (SSSR count). The van der Waals surface area contributed by atoms with Crippen molar-refractivity contribution in [3.8, 4) is 0 Å². The summed E-state index contributed by atoms with van der Waals surface area (Å²) in [4.78, 5) is 4.57. The van der Waals surface area contributed by atoms with Gasteiger partial charge in [-0.2, -0.15) is 0 Å². The van der Waals surface area contributed by atoms with E-state index < -0.39 is 5.60 Å². The number of aliphatic imine (C=N–C) groups is 1. The summed E-state index contributed by atoms with van der Waals surface area (Å²) in [6.07, 6.45) is 0. The van der Waals surface area contributed by atoms with Crippen molar-refractivity contribution in [2.45, 2.75) is 32.3 Å². The molecular formula is C21H30IN3O. The topological polar surface area (TPSA) is 56.7 Å². The Labute approximate surface area is 174 Å². The number of guanidine groups is 1. The molecule has 2 atom stereocenters. The van der Waals surface area contributed by atoms with Crippen molar-refractivity contribution in [1.82, 2.24) is 10.6 Å². The van der Waals surface area contributed by atoms with Gasteiger partial charge in [0.2, 0.25) is 0 Å². The zero-order valence-electron chi connectivity index (χ0n) is 15.8. The molecule has 2 unspecified atom stereocenters. The predicted octanol–water partition coefficient (Wildman–Crippen LogP) is 3.87. The molecule has 0 heterocycles. The van der Waals surface area contributed by atoms with E-state index in [2.05, 4.69) is 46.8 Å². The van der Waals surface area contributed by atoms with E-state index in [9.17, 15) is 5.11 Å². The molecule has 0 aromatic heterocycles. The highest BCUT2D eigenvalue weighted by Crippen LogP contribution is 2.20. The van der Waals surface area contributed by atoms with Crippen LogP contribution in [0.2, 0.25) is 0 Å². The second-order valence-electron chi connectivity index (χ2n) is 6.53. The number of rotatable bonds is 7. The summed E-state index contributed by atoms with van der Waals surface area (Å²) in [6, 6.07) is 20.1. The highest BCUT2D eigenvalue weighted by Gasteiger charge is 2.22. The first kappa shape index (κ1) is 22.4. The highest BCUT2D eigenvalue weighted by atomic mass is 127. The van der Waals surface area contributed by atoms with Gasteiger partial charge < -0.3 is 15.7 Å². The third-order valence-corrected chi connectivity index (χ3v) is 4.23. The van der Waals surface area contributed by atoms with Crippen molar-refractivity contribution < 1.29 is 5.11 Å². The lowest BCUT2D eigenvalue weighted by Gasteiger charge is -2.23. The van der Waals surface area contributed by atoms with Gasteiger partial charge in [-0.05, 0) is 30.9 Å². The molecular weight excluding hydrogens is 437 g/mol. The van der Waals surface area contributed by atoms with Gasteiger partial charge in [-0.25, -0.2) is 4.99 Å². The van der Waals surface area contributed by atoms with E-state index in [1.165, 1.54) is 5.56 Å². The summed E-state index contributed by atoms with van der Waals surface area (Å²) in [6.45, 7) is 7.87. The Kier molecular flexibility index (Phi) is 9.65. The van der Waals surface area contributed by atoms with Gasteiger partial charge in [0, 0.05) is 13.1 Å². The number of hydrogen-bond donors (Lipinski definition) is 3. The third kappa shape index (κ3) is 6.96. The lowest BCUT2D eigenvalue weighted by Crippen LogP contribution is -2.40. The normalized spacial score (nSPS) is 14.7. The molecule has 5 heteroatoms. The SMILES string of the molecule is CCNC(=NCC(C)(O)c1ccccc1)NCC(C)c1ccccc1.I. The average molecular weight is 467 g/mol. The average Bonchev–Trinajstić information content (AvgIpc) is 2.65. The zero-order chi connectivity index (χ0) is 18.1. The number of benzene rings is 2. The van der Waals surface area contributed by atoms with E-state index in [4.69, 9.17) is 0 Å². The van der Waals surface area contributed by atoms with Crippen LogP contribution in [0.5, 0.6) is 0 Å². The van der Waals surface area contributed by atoms with Crippen molar-refractivity contribution in [2.75, 3.05) is 19.6 Å². The maximum Gasteiger partial charge on any atom is 0.191 e. The number of nitrogens with one attached hydrogen (secondary N) is 2. The predicted molar refractivity (Wildman–Crippen MR) is 120 cm³/mol. The van der Waals surface area contributed by atoms with Gasteiger partial charge in [-0.15, -0.1) is 24.0 Å². The highest BCUT2D eigenvalue weighted by molar-refractivity contribution is 14.0. The zero-order valence-corrected chi connectivity index (χ0v) is 18.1. The molecule has 2 aromatic carbocycles. The molecule has 142 valence electrons. The molecule has 0 spiro atoms. The Balaban J connectivity index is 0.00000338. The van der Waals surface area contributed by atoms with E-state index >= 15 is 0 Å². The van der Waals surface area contributed by atoms with Crippen molar-refractivity contribution in [3.05, 3.63) is 71.8 Å². The molecule has 0 aliphatic rings. The summed E-state index contributed by atoms with van der Waals surface area (Å²) in [5.74, 6) is 1.10. The van der Waals surface area contributed by atoms with Crippen LogP contribution in [0.1, 0.15) is 37.8 Å². The standard InChI is InChI=1S/C21H29N3O.HI/c1-4-22-20(23-15-17(2)18-11-7-5-8-12-18)24-16-21(3,25)19-13-9-6-10-14-19;/h5-14,17,25H,4,15-16H2,1-3H3,(H2,22,23,24);1H. The molecule has 0 radical (unpaired) electrons. The van der Waals surface area contributed by atoms with E-state index in [-0.39, 0.29) is 24.0 Å².